The van der Waals surface area contributed by atoms with Crippen LogP contribution in [0.2, 0.25) is 0 Å². The number of allylic oxidation sites excluding steroid dienone is 1. The van der Waals surface area contributed by atoms with Gasteiger partial charge in [-0.3, -0.25) is 14.4 Å². The molecule has 10 heteroatoms. The third kappa shape index (κ3) is 13.1. The minimum absolute atomic E-state index is 0.0760. The largest absolute Gasteiger partial charge is 0.348 e. The number of imidazole rings is 3. The fourth-order valence-electron chi connectivity index (χ4n) is 2.87. The Morgan fingerprint density at radius 2 is 1.28 bits per heavy atom. The van der Waals surface area contributed by atoms with Crippen molar-refractivity contribution in [3.8, 4) is 0 Å². The Balaban J connectivity index is 0.000000293. The van der Waals surface area contributed by atoms with E-state index in [9.17, 15) is 14.4 Å². The highest BCUT2D eigenvalue weighted by Crippen LogP contribution is 2.18. The molecular formula is C29H45N7O3. The molecule has 0 spiro atoms. The van der Waals surface area contributed by atoms with Gasteiger partial charge >= 0.3 is 0 Å². The first-order valence-electron chi connectivity index (χ1n) is 12.9. The maximum atomic E-state index is 11.7. The van der Waals surface area contributed by atoms with Crippen molar-refractivity contribution < 1.29 is 14.4 Å². The van der Waals surface area contributed by atoms with Crippen LogP contribution in [0.4, 0.5) is 0 Å². The van der Waals surface area contributed by atoms with Crippen molar-refractivity contribution in [3.05, 3.63) is 60.7 Å². The number of carbonyl (C=O) groups is 3. The maximum absolute atomic E-state index is 11.7. The van der Waals surface area contributed by atoms with Crippen LogP contribution >= 0.6 is 0 Å². The van der Waals surface area contributed by atoms with E-state index in [1.54, 1.807) is 49.7 Å². The molecule has 214 valence electrons. The number of ketones is 3. The standard InChI is InChI=1S/C10H17N3O.C10H14N2O.C9H14N2O/c1-10(2,3)9(14)8(11)4-7-5-12-6-13-7;1-10(2,3)9(13)5-4-8-6-11-7-12-8;1-9(2,3)8(12)4-7-5-10-6-11-7/h5-6,8H,4,11H2,1-3H3,(H,12,13);4-7H,1-3H3,(H,11,12);5-6H,4H2,1-3H3,(H,10,11)/b;5-4+;. The molecule has 39 heavy (non-hydrogen) atoms. The highest BCUT2D eigenvalue weighted by atomic mass is 16.1. The van der Waals surface area contributed by atoms with Crippen LogP contribution in [0.25, 0.3) is 6.08 Å². The Morgan fingerprint density at radius 3 is 1.69 bits per heavy atom. The fraction of sp³-hybridized carbons (Fsp3) is 0.517. The molecular weight excluding hydrogens is 494 g/mol. The molecule has 3 heterocycles. The zero-order valence-electron chi connectivity index (χ0n) is 24.8. The average Bonchev–Trinajstić information content (AvgIpc) is 3.60. The van der Waals surface area contributed by atoms with Gasteiger partial charge in [-0.1, -0.05) is 62.3 Å². The van der Waals surface area contributed by atoms with E-state index >= 15 is 0 Å². The Hall–Kier alpha value is -3.66. The van der Waals surface area contributed by atoms with Gasteiger partial charge in [-0.25, -0.2) is 15.0 Å². The SMILES string of the molecule is CC(C)(C)C(=O)/C=C/c1cnc[nH]1.CC(C)(C)C(=O)C(N)Cc1cnc[nH]1.CC(C)(C)C(=O)Cc1cnc[nH]1. The molecule has 3 rings (SSSR count). The number of carbonyl (C=O) groups excluding carboxylic acids is 3. The lowest BCUT2D eigenvalue weighted by Gasteiger charge is -2.21. The van der Waals surface area contributed by atoms with Crippen LogP contribution in [0.5, 0.6) is 0 Å². The number of hydrogen-bond acceptors (Lipinski definition) is 7. The quantitative estimate of drug-likeness (QED) is 0.321. The van der Waals surface area contributed by atoms with Crippen LogP contribution in [-0.4, -0.2) is 53.3 Å². The van der Waals surface area contributed by atoms with Crippen molar-refractivity contribution in [2.24, 2.45) is 22.0 Å². The molecule has 0 fully saturated rings. The van der Waals surface area contributed by atoms with E-state index in [4.69, 9.17) is 5.73 Å². The lowest BCUT2D eigenvalue weighted by atomic mass is 9.85. The van der Waals surface area contributed by atoms with E-state index in [-0.39, 0.29) is 33.6 Å². The summed E-state index contributed by atoms with van der Waals surface area (Å²) in [5.41, 5.74) is 7.48. The maximum Gasteiger partial charge on any atom is 0.161 e. The van der Waals surface area contributed by atoms with Crippen molar-refractivity contribution >= 4 is 23.4 Å². The predicted molar refractivity (Wildman–Crippen MR) is 154 cm³/mol. The summed E-state index contributed by atoms with van der Waals surface area (Å²) in [4.78, 5) is 55.0. The van der Waals surface area contributed by atoms with E-state index in [1.807, 2.05) is 62.3 Å². The minimum atomic E-state index is -0.449. The fourth-order valence-corrected chi connectivity index (χ4v) is 2.87. The van der Waals surface area contributed by atoms with Crippen LogP contribution in [0.3, 0.4) is 0 Å². The average molecular weight is 540 g/mol. The van der Waals surface area contributed by atoms with Gasteiger partial charge in [-0.2, -0.15) is 0 Å². The Morgan fingerprint density at radius 1 is 0.769 bits per heavy atom. The van der Waals surface area contributed by atoms with Gasteiger partial charge in [0, 0.05) is 52.9 Å². The van der Waals surface area contributed by atoms with Gasteiger partial charge in [0.1, 0.15) is 5.78 Å². The molecule has 1 unspecified atom stereocenters. The first-order valence-corrected chi connectivity index (χ1v) is 12.9. The molecule has 5 N–H and O–H groups in total. The van der Waals surface area contributed by atoms with Crippen molar-refractivity contribution in [3.63, 3.8) is 0 Å². The van der Waals surface area contributed by atoms with Gasteiger partial charge in [-0.15, -0.1) is 0 Å². The summed E-state index contributed by atoms with van der Waals surface area (Å²) in [7, 11) is 0. The third-order valence-electron chi connectivity index (χ3n) is 5.49. The molecule has 0 aliphatic carbocycles. The van der Waals surface area contributed by atoms with E-state index in [0.29, 0.717) is 12.8 Å². The number of H-pyrrole nitrogens is 3. The lowest BCUT2D eigenvalue weighted by molar-refractivity contribution is -0.127. The number of nitrogens with two attached hydrogens (primary N) is 1. The molecule has 0 saturated carbocycles. The monoisotopic (exact) mass is 539 g/mol. The van der Waals surface area contributed by atoms with Gasteiger partial charge in [-0.05, 0) is 12.2 Å². The number of Topliss-reactive ketones (excluding diaryl/α,β-unsaturated/α-hetero) is 2. The number of nitrogens with zero attached hydrogens (tertiary/aromatic N) is 3. The molecule has 0 aliphatic rings. The zero-order valence-corrected chi connectivity index (χ0v) is 24.8. The number of hydrogen-bond donors (Lipinski definition) is 4. The second kappa shape index (κ2) is 14.5. The highest BCUT2D eigenvalue weighted by molar-refractivity contribution is 5.97. The predicted octanol–water partition coefficient (Wildman–Crippen LogP) is 4.50. The van der Waals surface area contributed by atoms with Crippen LogP contribution in [-0.2, 0) is 27.2 Å². The molecule has 3 aromatic rings. The summed E-state index contributed by atoms with van der Waals surface area (Å²) in [5.74, 6) is 0.418. The van der Waals surface area contributed by atoms with Crippen LogP contribution in [0, 0.1) is 16.2 Å². The first kappa shape index (κ1) is 33.4. The second-order valence-corrected chi connectivity index (χ2v) is 12.4. The van der Waals surface area contributed by atoms with Crippen LogP contribution < -0.4 is 5.73 Å². The zero-order chi connectivity index (χ0) is 29.9. The third-order valence-corrected chi connectivity index (χ3v) is 5.49. The van der Waals surface area contributed by atoms with Gasteiger partial charge in [0.25, 0.3) is 0 Å². The molecule has 0 aliphatic heterocycles. The molecule has 0 aromatic carbocycles. The van der Waals surface area contributed by atoms with Crippen LogP contribution in [0.15, 0.2) is 43.6 Å². The molecule has 0 radical (unpaired) electrons. The molecule has 1 atom stereocenters. The number of aromatic amines is 3. The van der Waals surface area contributed by atoms with Gasteiger partial charge < -0.3 is 20.7 Å². The first-order chi connectivity index (χ1) is 17.9. The summed E-state index contributed by atoms with van der Waals surface area (Å²) in [6.07, 6.45) is 14.1. The van der Waals surface area contributed by atoms with Crippen molar-refractivity contribution in [1.29, 1.82) is 0 Å². The molecule has 10 nitrogen and oxygen atoms in total. The lowest BCUT2D eigenvalue weighted by Crippen LogP contribution is -2.40. The Labute approximate surface area is 231 Å². The van der Waals surface area contributed by atoms with E-state index in [2.05, 4.69) is 29.9 Å². The topological polar surface area (TPSA) is 163 Å². The van der Waals surface area contributed by atoms with Crippen molar-refractivity contribution in [2.45, 2.75) is 81.2 Å². The van der Waals surface area contributed by atoms with Gasteiger partial charge in [0.15, 0.2) is 11.6 Å². The van der Waals surface area contributed by atoms with E-state index in [1.165, 1.54) is 0 Å². The number of aromatic nitrogens is 6. The second-order valence-electron chi connectivity index (χ2n) is 12.4. The summed E-state index contributed by atoms with van der Waals surface area (Å²) >= 11 is 0. The summed E-state index contributed by atoms with van der Waals surface area (Å²) in [6.45, 7) is 17.1. The highest BCUT2D eigenvalue weighted by Gasteiger charge is 2.27. The molecule has 0 saturated heterocycles. The Bertz CT molecular complexity index is 1160. The van der Waals surface area contributed by atoms with Gasteiger partial charge in [0.2, 0.25) is 0 Å². The minimum Gasteiger partial charge on any atom is -0.348 e. The summed E-state index contributed by atoms with van der Waals surface area (Å²) < 4.78 is 0. The molecule has 0 bridgehead atoms. The van der Waals surface area contributed by atoms with Gasteiger partial charge in [0.05, 0.1) is 36.9 Å². The molecule has 3 aromatic heterocycles. The van der Waals surface area contributed by atoms with E-state index < -0.39 is 6.04 Å². The number of rotatable bonds is 7. The van der Waals surface area contributed by atoms with Crippen molar-refractivity contribution in [1.82, 2.24) is 29.9 Å². The van der Waals surface area contributed by atoms with Crippen molar-refractivity contribution in [2.75, 3.05) is 0 Å². The molecule has 0 amide bonds. The summed E-state index contributed by atoms with van der Waals surface area (Å²) in [5, 5.41) is 0. The number of nitrogens with one attached hydrogen (secondary N) is 3. The van der Waals surface area contributed by atoms with Crippen LogP contribution in [0.1, 0.15) is 79.4 Å². The Kier molecular flexibility index (Phi) is 12.4. The smallest absolute Gasteiger partial charge is 0.161 e. The summed E-state index contributed by atoms with van der Waals surface area (Å²) in [6, 6.07) is -0.449. The van der Waals surface area contributed by atoms with E-state index in [0.717, 1.165) is 17.1 Å². The normalized spacial score (nSPS) is 12.7.